The molecule has 0 saturated heterocycles. The molecule has 0 aliphatic carbocycles. The Labute approximate surface area is 99.9 Å². The van der Waals surface area contributed by atoms with Gasteiger partial charge in [0, 0.05) is 0 Å². The van der Waals surface area contributed by atoms with E-state index in [9.17, 15) is 4.79 Å². The van der Waals surface area contributed by atoms with Gasteiger partial charge in [0.25, 0.3) is 0 Å². The summed E-state index contributed by atoms with van der Waals surface area (Å²) in [5.74, 6) is 1.41. The lowest BCUT2D eigenvalue weighted by molar-refractivity contribution is -0.104. The van der Waals surface area contributed by atoms with Gasteiger partial charge in [-0.1, -0.05) is 57.1 Å². The second-order valence-electron chi connectivity index (χ2n) is 4.52. The molecular formula is C15H24O. The standard InChI is InChI=1S/C15H24O/c1-5-13(2)11-15(4)12-14(3)9-7-6-8-10-16/h6-10,12-13,15H,5,11H2,1-4H3/b8-6+,9-7+,14-12+/t13-,15-/m1/s1. The fourth-order valence-corrected chi connectivity index (χ4v) is 1.69. The van der Waals surface area contributed by atoms with E-state index in [1.807, 2.05) is 12.2 Å². The van der Waals surface area contributed by atoms with Gasteiger partial charge in [0.2, 0.25) is 0 Å². The van der Waals surface area contributed by atoms with E-state index in [0.717, 1.165) is 12.2 Å². The van der Waals surface area contributed by atoms with Crippen LogP contribution < -0.4 is 0 Å². The SMILES string of the molecule is CC[C@@H](C)C[C@@H](C)/C=C(C)/C=C/C=C/C=O. The molecule has 0 N–H and O–H groups in total. The van der Waals surface area contributed by atoms with E-state index in [0.29, 0.717) is 5.92 Å². The highest BCUT2D eigenvalue weighted by atomic mass is 16.1. The van der Waals surface area contributed by atoms with Crippen LogP contribution in [-0.4, -0.2) is 6.29 Å². The average Bonchev–Trinajstić information content (AvgIpc) is 2.24. The number of carbonyl (C=O) groups excluding carboxylic acids is 1. The summed E-state index contributed by atoms with van der Waals surface area (Å²) in [5.41, 5.74) is 1.26. The third kappa shape index (κ3) is 8.22. The van der Waals surface area contributed by atoms with Crippen molar-refractivity contribution in [3.8, 4) is 0 Å². The molecule has 0 heterocycles. The van der Waals surface area contributed by atoms with Crippen LogP contribution in [0.2, 0.25) is 0 Å². The van der Waals surface area contributed by atoms with Gasteiger partial charge in [-0.25, -0.2) is 0 Å². The van der Waals surface area contributed by atoms with Gasteiger partial charge in [-0.2, -0.15) is 0 Å². The molecule has 0 radical (unpaired) electrons. The number of allylic oxidation sites excluding steroid dienone is 6. The fraction of sp³-hybridized carbons (Fsp3) is 0.533. The highest BCUT2D eigenvalue weighted by Gasteiger charge is 2.04. The number of carbonyl (C=O) groups is 1. The van der Waals surface area contributed by atoms with E-state index in [1.54, 1.807) is 6.08 Å². The van der Waals surface area contributed by atoms with Crippen molar-refractivity contribution in [1.29, 1.82) is 0 Å². The lowest BCUT2D eigenvalue weighted by Crippen LogP contribution is -1.99. The summed E-state index contributed by atoms with van der Waals surface area (Å²) in [6.07, 6.45) is 12.7. The number of aldehydes is 1. The lowest BCUT2D eigenvalue weighted by atomic mass is 9.94. The Morgan fingerprint density at radius 2 is 1.88 bits per heavy atom. The second-order valence-corrected chi connectivity index (χ2v) is 4.52. The third-order valence-electron chi connectivity index (χ3n) is 2.68. The molecule has 0 aliphatic rings. The molecule has 1 nitrogen and oxygen atoms in total. The minimum Gasteiger partial charge on any atom is -0.299 e. The van der Waals surface area contributed by atoms with Crippen LogP contribution in [0.3, 0.4) is 0 Å². The lowest BCUT2D eigenvalue weighted by Gasteiger charge is -2.12. The van der Waals surface area contributed by atoms with Crippen molar-refractivity contribution >= 4 is 6.29 Å². The molecule has 0 spiro atoms. The van der Waals surface area contributed by atoms with Gasteiger partial charge in [0.05, 0.1) is 0 Å². The molecule has 0 amide bonds. The van der Waals surface area contributed by atoms with Crippen molar-refractivity contribution in [1.82, 2.24) is 0 Å². The topological polar surface area (TPSA) is 17.1 Å². The maximum absolute atomic E-state index is 10.0. The van der Waals surface area contributed by atoms with E-state index in [4.69, 9.17) is 0 Å². The predicted octanol–water partition coefficient (Wildman–Crippen LogP) is 4.32. The minimum absolute atomic E-state index is 0.620. The molecule has 0 unspecified atom stereocenters. The van der Waals surface area contributed by atoms with Crippen molar-refractivity contribution in [2.75, 3.05) is 0 Å². The summed E-state index contributed by atoms with van der Waals surface area (Å²) < 4.78 is 0. The molecule has 0 bridgehead atoms. The van der Waals surface area contributed by atoms with Crippen molar-refractivity contribution in [3.63, 3.8) is 0 Å². The molecule has 1 heteroatoms. The van der Waals surface area contributed by atoms with Crippen molar-refractivity contribution < 1.29 is 4.79 Å². The van der Waals surface area contributed by atoms with Crippen molar-refractivity contribution in [2.24, 2.45) is 11.8 Å². The summed E-state index contributed by atoms with van der Waals surface area (Å²) in [6, 6.07) is 0. The molecule has 0 rings (SSSR count). The predicted molar refractivity (Wildman–Crippen MR) is 71.3 cm³/mol. The molecule has 0 aromatic heterocycles. The zero-order chi connectivity index (χ0) is 12.4. The third-order valence-corrected chi connectivity index (χ3v) is 2.68. The van der Waals surface area contributed by atoms with Crippen LogP contribution in [0.4, 0.5) is 0 Å². The fourth-order valence-electron chi connectivity index (χ4n) is 1.69. The quantitative estimate of drug-likeness (QED) is 0.355. The first-order valence-corrected chi connectivity index (χ1v) is 6.07. The summed E-state index contributed by atoms with van der Waals surface area (Å²) >= 11 is 0. The maximum Gasteiger partial charge on any atom is 0.142 e. The second kappa shape index (κ2) is 9.14. The van der Waals surface area contributed by atoms with Crippen LogP contribution in [0.15, 0.2) is 36.0 Å². The van der Waals surface area contributed by atoms with Crippen LogP contribution in [-0.2, 0) is 4.79 Å². The van der Waals surface area contributed by atoms with Gasteiger partial charge in [-0.3, -0.25) is 4.79 Å². The Hall–Kier alpha value is -1.11. The van der Waals surface area contributed by atoms with E-state index in [1.165, 1.54) is 24.5 Å². The molecule has 16 heavy (non-hydrogen) atoms. The Balaban J connectivity index is 4.14. The van der Waals surface area contributed by atoms with Gasteiger partial charge in [0.1, 0.15) is 6.29 Å². The van der Waals surface area contributed by atoms with E-state index < -0.39 is 0 Å². The molecule has 0 aliphatic heterocycles. The van der Waals surface area contributed by atoms with Gasteiger partial charge < -0.3 is 0 Å². The molecule has 2 atom stereocenters. The van der Waals surface area contributed by atoms with Crippen LogP contribution in [0, 0.1) is 11.8 Å². The highest BCUT2D eigenvalue weighted by molar-refractivity contribution is 5.65. The number of hydrogen-bond acceptors (Lipinski definition) is 1. The summed E-state index contributed by atoms with van der Waals surface area (Å²) in [7, 11) is 0. The Morgan fingerprint density at radius 3 is 2.44 bits per heavy atom. The number of rotatable bonds is 7. The van der Waals surface area contributed by atoms with Gasteiger partial charge >= 0.3 is 0 Å². The van der Waals surface area contributed by atoms with E-state index in [2.05, 4.69) is 33.8 Å². The molecule has 0 aromatic rings. The first-order chi connectivity index (χ1) is 7.60. The minimum atomic E-state index is 0.620. The molecule has 0 saturated carbocycles. The zero-order valence-electron chi connectivity index (χ0n) is 10.9. The van der Waals surface area contributed by atoms with Crippen LogP contribution in [0.1, 0.15) is 40.5 Å². The first-order valence-electron chi connectivity index (χ1n) is 6.07. The summed E-state index contributed by atoms with van der Waals surface area (Å²) in [4.78, 5) is 10.0. The van der Waals surface area contributed by atoms with Gasteiger partial charge in [-0.05, 0) is 31.3 Å². The molecular weight excluding hydrogens is 196 g/mol. The van der Waals surface area contributed by atoms with Gasteiger partial charge in [0.15, 0.2) is 0 Å². The summed E-state index contributed by atoms with van der Waals surface area (Å²) in [6.45, 7) is 8.88. The Bertz CT molecular complexity index is 271. The molecule has 0 fully saturated rings. The monoisotopic (exact) mass is 220 g/mol. The average molecular weight is 220 g/mol. The normalized spacial score (nSPS) is 16.9. The molecule has 90 valence electrons. The van der Waals surface area contributed by atoms with Crippen molar-refractivity contribution in [3.05, 3.63) is 36.0 Å². The van der Waals surface area contributed by atoms with E-state index >= 15 is 0 Å². The zero-order valence-corrected chi connectivity index (χ0v) is 10.9. The summed E-state index contributed by atoms with van der Waals surface area (Å²) in [5, 5.41) is 0. The number of hydrogen-bond donors (Lipinski definition) is 0. The highest BCUT2D eigenvalue weighted by Crippen LogP contribution is 2.17. The van der Waals surface area contributed by atoms with Crippen LogP contribution in [0.5, 0.6) is 0 Å². The van der Waals surface area contributed by atoms with Crippen LogP contribution in [0.25, 0.3) is 0 Å². The van der Waals surface area contributed by atoms with Crippen molar-refractivity contribution in [2.45, 2.75) is 40.5 Å². The Kier molecular flexibility index (Phi) is 8.51. The van der Waals surface area contributed by atoms with Crippen LogP contribution >= 0.6 is 0 Å². The maximum atomic E-state index is 10.0. The largest absolute Gasteiger partial charge is 0.299 e. The van der Waals surface area contributed by atoms with Gasteiger partial charge in [-0.15, -0.1) is 0 Å². The molecule has 0 aromatic carbocycles. The van der Waals surface area contributed by atoms with E-state index in [-0.39, 0.29) is 0 Å². The Morgan fingerprint density at radius 1 is 1.19 bits per heavy atom. The smallest absolute Gasteiger partial charge is 0.142 e. The first kappa shape index (κ1) is 14.9.